The summed E-state index contributed by atoms with van der Waals surface area (Å²) in [4.78, 5) is 1.72. The quantitative estimate of drug-likeness (QED) is 0.653. The molecule has 0 bridgehead atoms. The summed E-state index contributed by atoms with van der Waals surface area (Å²) < 4.78 is 5.64. The fourth-order valence-electron chi connectivity index (χ4n) is 8.74. The number of rotatable bonds is 6. The van der Waals surface area contributed by atoms with Crippen molar-refractivity contribution in [2.75, 3.05) is 13.2 Å². The average molecular weight is 443 g/mol. The summed E-state index contributed by atoms with van der Waals surface area (Å²) in [6.45, 7) is 12.9. The number of hydrogen-bond acceptors (Lipinski definition) is 5. The maximum absolute atomic E-state index is 11.1. The Bertz CT molecular complexity index is 840. The monoisotopic (exact) mass is 442 g/mol. The van der Waals surface area contributed by atoms with Crippen molar-refractivity contribution >= 4 is 0 Å². The lowest BCUT2D eigenvalue weighted by Gasteiger charge is -2.57. The van der Waals surface area contributed by atoms with E-state index in [1.54, 1.807) is 4.80 Å². The first-order chi connectivity index (χ1) is 15.3. The Kier molecular flexibility index (Phi) is 5.98. The van der Waals surface area contributed by atoms with Crippen molar-refractivity contribution in [2.24, 2.45) is 40.9 Å². The minimum atomic E-state index is -0.586. The van der Waals surface area contributed by atoms with E-state index in [1.807, 2.05) is 13.8 Å². The number of allylic oxidation sites excluding steroid dienone is 1. The van der Waals surface area contributed by atoms with Crippen molar-refractivity contribution in [3.63, 3.8) is 0 Å². The van der Waals surface area contributed by atoms with E-state index < -0.39 is 5.60 Å². The highest BCUT2D eigenvalue weighted by atomic mass is 16.5. The molecule has 8 atom stereocenters. The molecule has 4 aliphatic rings. The minimum Gasteiger partial charge on any atom is -0.387 e. The summed E-state index contributed by atoms with van der Waals surface area (Å²) in [7, 11) is 0. The van der Waals surface area contributed by atoms with Crippen LogP contribution >= 0.6 is 0 Å². The van der Waals surface area contributed by atoms with Gasteiger partial charge in [-0.3, -0.25) is 0 Å². The van der Waals surface area contributed by atoms with Gasteiger partial charge in [0.25, 0.3) is 0 Å². The molecule has 1 aromatic rings. The summed E-state index contributed by atoms with van der Waals surface area (Å²) >= 11 is 0. The normalized spacial score (nSPS) is 43.4. The largest absolute Gasteiger partial charge is 0.387 e. The van der Waals surface area contributed by atoms with Crippen LogP contribution in [0.15, 0.2) is 12.2 Å². The molecular weight excluding hydrogens is 400 g/mol. The van der Waals surface area contributed by atoms with Gasteiger partial charge in [0.05, 0.1) is 18.8 Å². The Morgan fingerprint density at radius 2 is 1.94 bits per heavy atom. The maximum Gasteiger partial charge on any atom is 0.171 e. The molecule has 4 aliphatic carbocycles. The highest BCUT2D eigenvalue weighted by molar-refractivity contribution is 5.15. The van der Waals surface area contributed by atoms with Crippen LogP contribution in [0.5, 0.6) is 0 Å². The lowest BCUT2D eigenvalue weighted by atomic mass is 9.48. The van der Waals surface area contributed by atoms with E-state index >= 15 is 0 Å². The predicted octanol–water partition coefficient (Wildman–Crippen LogP) is 4.57. The highest BCUT2D eigenvalue weighted by Gasteiger charge is 2.58. The summed E-state index contributed by atoms with van der Waals surface area (Å²) in [6, 6.07) is 0. The Labute approximate surface area is 193 Å². The van der Waals surface area contributed by atoms with Crippen molar-refractivity contribution in [3.8, 4) is 0 Å². The first-order valence-electron chi connectivity index (χ1n) is 13.0. The number of nitrogens with zero attached hydrogens (tertiary/aromatic N) is 4. The van der Waals surface area contributed by atoms with Gasteiger partial charge in [-0.1, -0.05) is 19.1 Å². The van der Waals surface area contributed by atoms with Crippen LogP contribution in [0.25, 0.3) is 0 Å². The van der Waals surface area contributed by atoms with E-state index in [9.17, 15) is 5.11 Å². The lowest BCUT2D eigenvalue weighted by Crippen LogP contribution is -2.52. The zero-order valence-electron chi connectivity index (χ0n) is 20.3. The lowest BCUT2D eigenvalue weighted by molar-refractivity contribution is -0.127. The summed E-state index contributed by atoms with van der Waals surface area (Å²) in [5, 5.41) is 23.7. The molecule has 0 amide bonds. The molecular formula is C26H42N4O2. The van der Waals surface area contributed by atoms with E-state index in [0.29, 0.717) is 37.0 Å². The molecule has 1 N–H and O–H groups in total. The van der Waals surface area contributed by atoms with Crippen molar-refractivity contribution in [2.45, 2.75) is 90.7 Å². The Hall–Kier alpha value is -1.27. The number of ether oxygens (including phenoxy) is 1. The van der Waals surface area contributed by atoms with Gasteiger partial charge >= 0.3 is 0 Å². The smallest absolute Gasteiger partial charge is 0.171 e. The SMILES string of the molecule is C=C(Cn1nnc(C)n1)[C@H]1CC[C@H]2[C@@H]3CC[C@@H]4C[C@@](O)(COCC)CC[C@@H]4[C@H]3CC[C@]12C. The second kappa shape index (κ2) is 8.50. The molecule has 6 nitrogen and oxygen atoms in total. The van der Waals surface area contributed by atoms with E-state index in [-0.39, 0.29) is 0 Å². The topological polar surface area (TPSA) is 73.1 Å². The van der Waals surface area contributed by atoms with Crippen LogP contribution in [0.1, 0.15) is 77.5 Å². The first-order valence-corrected chi connectivity index (χ1v) is 13.0. The van der Waals surface area contributed by atoms with Crippen LogP contribution in [0, 0.1) is 47.8 Å². The number of aryl methyl sites for hydroxylation is 1. The number of hydrogen-bond donors (Lipinski definition) is 1. The third-order valence-corrected chi connectivity index (χ3v) is 10.1. The third kappa shape index (κ3) is 3.85. The van der Waals surface area contributed by atoms with Crippen LogP contribution in [-0.4, -0.2) is 44.1 Å². The van der Waals surface area contributed by atoms with Crippen LogP contribution in [0.3, 0.4) is 0 Å². The standard InChI is InChI=1S/C26H42N4O2/c1-5-32-16-26(31)13-11-20-19(14-26)6-7-22-21(20)10-12-25(4)23(8-9-24(22)25)17(2)15-30-28-18(3)27-29-30/h19-24,31H,2,5-16H2,1,3-4H3/t19-,20+,21-,22-,23-,24+,25-,26-/m1/s1. The van der Waals surface area contributed by atoms with E-state index in [1.165, 1.54) is 50.5 Å². The number of fused-ring (bicyclic) bond motifs is 5. The second-order valence-corrected chi connectivity index (χ2v) is 11.7. The Balaban J connectivity index is 1.26. The van der Waals surface area contributed by atoms with E-state index in [2.05, 4.69) is 28.9 Å². The molecule has 178 valence electrons. The fourth-order valence-corrected chi connectivity index (χ4v) is 8.74. The van der Waals surface area contributed by atoms with Gasteiger partial charge in [-0.15, -0.1) is 10.2 Å². The zero-order valence-corrected chi connectivity index (χ0v) is 20.3. The van der Waals surface area contributed by atoms with Crippen molar-refractivity contribution in [1.29, 1.82) is 0 Å². The van der Waals surface area contributed by atoms with Crippen molar-refractivity contribution in [3.05, 3.63) is 18.0 Å². The molecule has 0 spiro atoms. The molecule has 4 saturated carbocycles. The Morgan fingerprint density at radius 3 is 2.69 bits per heavy atom. The molecule has 0 aliphatic heterocycles. The van der Waals surface area contributed by atoms with Crippen LogP contribution < -0.4 is 0 Å². The maximum atomic E-state index is 11.1. The number of aromatic nitrogens is 4. The molecule has 0 radical (unpaired) electrons. The molecule has 32 heavy (non-hydrogen) atoms. The van der Waals surface area contributed by atoms with Gasteiger partial charge in [0, 0.05) is 6.61 Å². The van der Waals surface area contributed by atoms with Gasteiger partial charge in [-0.25, -0.2) is 0 Å². The highest BCUT2D eigenvalue weighted by Crippen LogP contribution is 2.65. The predicted molar refractivity (Wildman–Crippen MR) is 124 cm³/mol. The van der Waals surface area contributed by atoms with Crippen LogP contribution in [-0.2, 0) is 11.3 Å². The molecule has 1 aromatic heterocycles. The van der Waals surface area contributed by atoms with E-state index in [4.69, 9.17) is 4.74 Å². The molecule has 0 aromatic carbocycles. The summed E-state index contributed by atoms with van der Waals surface area (Å²) in [6.07, 6.45) is 11.0. The van der Waals surface area contributed by atoms with Gasteiger partial charge in [0.2, 0.25) is 0 Å². The minimum absolute atomic E-state index is 0.366. The third-order valence-electron chi connectivity index (χ3n) is 10.1. The number of aliphatic hydroxyl groups is 1. The molecule has 0 saturated heterocycles. The fraction of sp³-hybridized carbons (Fsp3) is 0.885. The van der Waals surface area contributed by atoms with Gasteiger partial charge in [-0.2, -0.15) is 4.80 Å². The molecule has 4 fully saturated rings. The number of tetrazole rings is 1. The van der Waals surface area contributed by atoms with E-state index in [0.717, 1.165) is 42.3 Å². The van der Waals surface area contributed by atoms with Gasteiger partial charge in [-0.05, 0) is 118 Å². The van der Waals surface area contributed by atoms with Gasteiger partial charge < -0.3 is 9.84 Å². The molecule has 1 heterocycles. The van der Waals surface area contributed by atoms with Crippen LogP contribution in [0.4, 0.5) is 0 Å². The first kappa shape index (κ1) is 22.5. The van der Waals surface area contributed by atoms with Crippen molar-refractivity contribution in [1.82, 2.24) is 20.2 Å². The van der Waals surface area contributed by atoms with Gasteiger partial charge in [0.1, 0.15) is 0 Å². The van der Waals surface area contributed by atoms with Crippen molar-refractivity contribution < 1.29 is 9.84 Å². The van der Waals surface area contributed by atoms with Gasteiger partial charge in [0.15, 0.2) is 5.82 Å². The second-order valence-electron chi connectivity index (χ2n) is 11.7. The summed E-state index contributed by atoms with van der Waals surface area (Å²) in [5.41, 5.74) is 1.07. The molecule has 5 rings (SSSR count). The molecule has 6 heteroatoms. The molecule has 0 unspecified atom stereocenters. The average Bonchev–Trinajstić information content (AvgIpc) is 3.34. The summed E-state index contributed by atoms with van der Waals surface area (Å²) in [5.74, 6) is 5.33. The zero-order chi connectivity index (χ0) is 22.5. The van der Waals surface area contributed by atoms with Crippen LogP contribution in [0.2, 0.25) is 0 Å². The Morgan fingerprint density at radius 1 is 1.12 bits per heavy atom.